The van der Waals surface area contributed by atoms with Crippen LogP contribution >= 0.6 is 0 Å². The Kier molecular flexibility index (Phi) is 3.46. The van der Waals surface area contributed by atoms with E-state index in [0.29, 0.717) is 29.0 Å². The smallest absolute Gasteiger partial charge is 0.130 e. The lowest BCUT2D eigenvalue weighted by Gasteiger charge is -2.58. The van der Waals surface area contributed by atoms with E-state index in [2.05, 4.69) is 27.4 Å². The van der Waals surface area contributed by atoms with Crippen LogP contribution in [0.5, 0.6) is 0 Å². The summed E-state index contributed by atoms with van der Waals surface area (Å²) in [6.45, 7) is 13.3. The van der Waals surface area contributed by atoms with Crippen molar-refractivity contribution >= 4 is 5.78 Å². The summed E-state index contributed by atoms with van der Waals surface area (Å²) in [6.07, 6.45) is 7.03. The molecule has 2 fully saturated rings. The number of hydrogen-bond acceptors (Lipinski definition) is 1. The Morgan fingerprint density at radius 3 is 2.61 bits per heavy atom. The Labute approximate surface area is 112 Å². The first-order chi connectivity index (χ1) is 8.27. The molecule has 0 aromatic carbocycles. The highest BCUT2D eigenvalue weighted by Gasteiger charge is 2.52. The highest BCUT2D eigenvalue weighted by atomic mass is 16.1. The van der Waals surface area contributed by atoms with Crippen LogP contribution in [0.25, 0.3) is 0 Å². The molecule has 102 valence electrons. The van der Waals surface area contributed by atoms with Gasteiger partial charge in [-0.05, 0) is 55.3 Å². The quantitative estimate of drug-likeness (QED) is 0.644. The van der Waals surface area contributed by atoms with Gasteiger partial charge in [-0.1, -0.05) is 39.3 Å². The SMILES string of the molecule is C=C1CC[C@H]2C(C)(C)CCC[C@]2(C)[C@H]1CC(C)=O. The van der Waals surface area contributed by atoms with Crippen molar-refractivity contribution in [1.29, 1.82) is 0 Å². The monoisotopic (exact) mass is 248 g/mol. The van der Waals surface area contributed by atoms with E-state index in [-0.39, 0.29) is 0 Å². The van der Waals surface area contributed by atoms with Crippen LogP contribution in [0.4, 0.5) is 0 Å². The normalized spacial score (nSPS) is 39.2. The molecule has 0 heterocycles. The largest absolute Gasteiger partial charge is 0.300 e. The van der Waals surface area contributed by atoms with Crippen LogP contribution in [0.3, 0.4) is 0 Å². The highest BCUT2D eigenvalue weighted by Crippen LogP contribution is 2.61. The summed E-state index contributed by atoms with van der Waals surface area (Å²) in [5, 5.41) is 0. The molecule has 0 aliphatic heterocycles. The summed E-state index contributed by atoms with van der Waals surface area (Å²) in [4.78, 5) is 11.6. The number of allylic oxidation sites excluding steroid dienone is 1. The van der Waals surface area contributed by atoms with Gasteiger partial charge in [0.1, 0.15) is 5.78 Å². The second kappa shape index (κ2) is 4.51. The molecule has 18 heavy (non-hydrogen) atoms. The van der Waals surface area contributed by atoms with Gasteiger partial charge in [-0.25, -0.2) is 0 Å². The topological polar surface area (TPSA) is 17.1 Å². The predicted octanol–water partition coefficient (Wildman–Crippen LogP) is 4.76. The first-order valence-corrected chi connectivity index (χ1v) is 7.44. The number of carbonyl (C=O) groups is 1. The van der Waals surface area contributed by atoms with Gasteiger partial charge in [0.05, 0.1) is 0 Å². The van der Waals surface area contributed by atoms with Crippen LogP contribution in [0.15, 0.2) is 12.2 Å². The van der Waals surface area contributed by atoms with E-state index in [1.807, 2.05) is 0 Å². The number of carbonyl (C=O) groups excluding carboxylic acids is 1. The van der Waals surface area contributed by atoms with E-state index < -0.39 is 0 Å². The van der Waals surface area contributed by atoms with Crippen molar-refractivity contribution in [3.8, 4) is 0 Å². The molecule has 0 aromatic heterocycles. The number of Topliss-reactive ketones (excluding diaryl/α,β-unsaturated/α-hetero) is 1. The number of fused-ring (bicyclic) bond motifs is 1. The van der Waals surface area contributed by atoms with E-state index in [1.54, 1.807) is 6.92 Å². The second-order valence-electron chi connectivity index (χ2n) is 7.56. The molecule has 0 bridgehead atoms. The lowest BCUT2D eigenvalue weighted by atomic mass is 9.47. The first-order valence-electron chi connectivity index (χ1n) is 7.44. The first kappa shape index (κ1) is 13.8. The third-order valence-corrected chi connectivity index (χ3v) is 5.81. The molecule has 0 unspecified atom stereocenters. The van der Waals surface area contributed by atoms with E-state index in [4.69, 9.17) is 0 Å². The predicted molar refractivity (Wildman–Crippen MR) is 76.4 cm³/mol. The highest BCUT2D eigenvalue weighted by molar-refractivity contribution is 5.76. The van der Waals surface area contributed by atoms with Gasteiger partial charge < -0.3 is 4.79 Å². The van der Waals surface area contributed by atoms with Crippen LogP contribution in [0.2, 0.25) is 0 Å². The van der Waals surface area contributed by atoms with E-state index in [1.165, 1.54) is 31.3 Å². The molecule has 2 aliphatic rings. The standard InChI is InChI=1S/C17H28O/c1-12-7-8-15-16(3,4)9-6-10-17(15,5)14(12)11-13(2)18/h14-15H,1,6-11H2,2-5H3/t14-,15-,17+/m0/s1. The van der Waals surface area contributed by atoms with Crippen LogP contribution < -0.4 is 0 Å². The molecule has 2 aliphatic carbocycles. The number of ketones is 1. The minimum Gasteiger partial charge on any atom is -0.300 e. The zero-order valence-corrected chi connectivity index (χ0v) is 12.5. The maximum atomic E-state index is 11.6. The molecule has 0 spiro atoms. The minimum atomic E-state index is 0.308. The summed E-state index contributed by atoms with van der Waals surface area (Å²) in [5.74, 6) is 1.51. The fraction of sp³-hybridized carbons (Fsp3) is 0.824. The van der Waals surface area contributed by atoms with Gasteiger partial charge in [0.2, 0.25) is 0 Å². The molecular formula is C17H28O. The van der Waals surface area contributed by atoms with Crippen LogP contribution in [-0.4, -0.2) is 5.78 Å². The van der Waals surface area contributed by atoms with Crippen molar-refractivity contribution in [3.63, 3.8) is 0 Å². The molecule has 0 N–H and O–H groups in total. The molecule has 0 radical (unpaired) electrons. The molecule has 1 heteroatoms. The third-order valence-electron chi connectivity index (χ3n) is 5.81. The molecule has 2 saturated carbocycles. The fourth-order valence-corrected chi connectivity index (χ4v) is 4.94. The summed E-state index contributed by atoms with van der Waals surface area (Å²) in [6, 6.07) is 0. The fourth-order valence-electron chi connectivity index (χ4n) is 4.94. The number of hydrogen-bond donors (Lipinski definition) is 0. The van der Waals surface area contributed by atoms with Crippen LogP contribution in [0.1, 0.15) is 66.2 Å². The van der Waals surface area contributed by atoms with E-state index >= 15 is 0 Å². The third kappa shape index (κ3) is 2.17. The Morgan fingerprint density at radius 2 is 2.00 bits per heavy atom. The summed E-state index contributed by atoms with van der Waals surface area (Å²) in [7, 11) is 0. The van der Waals surface area contributed by atoms with Gasteiger partial charge in [-0.2, -0.15) is 0 Å². The molecule has 1 nitrogen and oxygen atoms in total. The molecule has 0 aromatic rings. The van der Waals surface area contributed by atoms with Crippen molar-refractivity contribution in [1.82, 2.24) is 0 Å². The molecule has 3 atom stereocenters. The van der Waals surface area contributed by atoms with Gasteiger partial charge in [-0.3, -0.25) is 0 Å². The van der Waals surface area contributed by atoms with Gasteiger partial charge in [0.15, 0.2) is 0 Å². The maximum Gasteiger partial charge on any atom is 0.130 e. The van der Waals surface area contributed by atoms with Crippen molar-refractivity contribution in [3.05, 3.63) is 12.2 Å². The Balaban J connectivity index is 2.33. The van der Waals surface area contributed by atoms with Crippen molar-refractivity contribution in [2.75, 3.05) is 0 Å². The average molecular weight is 248 g/mol. The Bertz CT molecular complexity index is 366. The van der Waals surface area contributed by atoms with Crippen LogP contribution in [0, 0.1) is 22.7 Å². The molecule has 0 saturated heterocycles. The van der Waals surface area contributed by atoms with Crippen LogP contribution in [-0.2, 0) is 4.79 Å². The van der Waals surface area contributed by atoms with Gasteiger partial charge >= 0.3 is 0 Å². The summed E-state index contributed by atoms with van der Waals surface area (Å²) in [5.41, 5.74) is 2.08. The van der Waals surface area contributed by atoms with Crippen molar-refractivity contribution < 1.29 is 4.79 Å². The number of rotatable bonds is 2. The zero-order valence-electron chi connectivity index (χ0n) is 12.5. The van der Waals surface area contributed by atoms with Crippen molar-refractivity contribution in [2.24, 2.45) is 22.7 Å². The van der Waals surface area contributed by atoms with Crippen molar-refractivity contribution in [2.45, 2.75) is 66.2 Å². The average Bonchev–Trinajstić information content (AvgIpc) is 2.22. The Hall–Kier alpha value is -0.590. The lowest BCUT2D eigenvalue weighted by molar-refractivity contribution is -0.121. The van der Waals surface area contributed by atoms with Gasteiger partial charge in [-0.15, -0.1) is 0 Å². The summed E-state index contributed by atoms with van der Waals surface area (Å²) >= 11 is 0. The zero-order chi connectivity index (χ0) is 13.6. The van der Waals surface area contributed by atoms with Gasteiger partial charge in [0.25, 0.3) is 0 Å². The molecular weight excluding hydrogens is 220 g/mol. The Morgan fingerprint density at radius 1 is 1.33 bits per heavy atom. The van der Waals surface area contributed by atoms with E-state index in [0.717, 1.165) is 12.3 Å². The molecule has 2 rings (SSSR count). The molecule has 0 amide bonds. The maximum absolute atomic E-state index is 11.6. The second-order valence-corrected chi connectivity index (χ2v) is 7.56. The van der Waals surface area contributed by atoms with Gasteiger partial charge in [0, 0.05) is 6.42 Å². The lowest BCUT2D eigenvalue weighted by Crippen LogP contribution is -2.49. The minimum absolute atomic E-state index is 0.308. The van der Waals surface area contributed by atoms with E-state index in [9.17, 15) is 4.79 Å². The summed E-state index contributed by atoms with van der Waals surface area (Å²) < 4.78 is 0.